The second kappa shape index (κ2) is 6.55. The molecule has 1 saturated heterocycles. The molecule has 7 nitrogen and oxygen atoms in total. The van der Waals surface area contributed by atoms with E-state index < -0.39 is 0 Å². The Balaban J connectivity index is 1.47. The number of ether oxygens (including phenoxy) is 1. The number of hydrogen-bond acceptors (Lipinski definition) is 7. The van der Waals surface area contributed by atoms with E-state index >= 15 is 0 Å². The Morgan fingerprint density at radius 1 is 1.27 bits per heavy atom. The van der Waals surface area contributed by atoms with Crippen molar-refractivity contribution in [3.63, 3.8) is 0 Å². The summed E-state index contributed by atoms with van der Waals surface area (Å²) in [6.07, 6.45) is 0. The van der Waals surface area contributed by atoms with Gasteiger partial charge in [0.05, 0.1) is 11.7 Å². The Kier molecular flexibility index (Phi) is 4.51. The van der Waals surface area contributed by atoms with Gasteiger partial charge in [-0.3, -0.25) is 15.6 Å². The molecule has 118 valence electrons. The van der Waals surface area contributed by atoms with Crippen LogP contribution in [0.5, 0.6) is 5.75 Å². The van der Waals surface area contributed by atoms with Gasteiger partial charge in [-0.1, -0.05) is 0 Å². The van der Waals surface area contributed by atoms with E-state index in [0.717, 1.165) is 22.8 Å². The molecule has 1 aliphatic rings. The largest absolute Gasteiger partial charge is 0.484 e. The van der Waals surface area contributed by atoms with E-state index in [2.05, 4.69) is 38.8 Å². The summed E-state index contributed by atoms with van der Waals surface area (Å²) in [6.45, 7) is 4.82. The van der Waals surface area contributed by atoms with Crippen LogP contribution in [0.25, 0.3) is 11.0 Å². The zero-order chi connectivity index (χ0) is 15.5. The van der Waals surface area contributed by atoms with E-state index in [1.54, 1.807) is 12.1 Å². The van der Waals surface area contributed by atoms with Crippen molar-refractivity contribution in [2.24, 2.45) is 5.92 Å². The molecule has 0 saturated carbocycles. The molecular formula is C14H19N5O2S. The lowest BCUT2D eigenvalue weighted by Crippen LogP contribution is -2.39. The third-order valence-corrected chi connectivity index (χ3v) is 4.51. The number of hydrazine groups is 1. The molecule has 1 aromatic carbocycles. The Hall–Kier alpha value is -1.77. The summed E-state index contributed by atoms with van der Waals surface area (Å²) in [7, 11) is 0. The summed E-state index contributed by atoms with van der Waals surface area (Å²) >= 11 is 1.16. The number of aromatic nitrogens is 2. The third-order valence-electron chi connectivity index (χ3n) is 3.95. The van der Waals surface area contributed by atoms with Gasteiger partial charge >= 0.3 is 0 Å². The Labute approximate surface area is 132 Å². The number of nitrogens with zero attached hydrogens (tertiary/aromatic N) is 2. The number of carbonyl (C=O) groups is 1. The van der Waals surface area contributed by atoms with Crippen LogP contribution in [-0.4, -0.2) is 39.9 Å². The SMILES string of the molecule is CC1NNC(C)C1CNC(=O)COc1ccc2nsnc2c1. The predicted molar refractivity (Wildman–Crippen MR) is 84.6 cm³/mol. The fourth-order valence-corrected chi connectivity index (χ4v) is 3.06. The predicted octanol–water partition coefficient (Wildman–Crippen LogP) is 0.687. The summed E-state index contributed by atoms with van der Waals surface area (Å²) in [4.78, 5) is 11.9. The van der Waals surface area contributed by atoms with Crippen LogP contribution in [0, 0.1) is 5.92 Å². The second-order valence-corrected chi connectivity index (χ2v) is 6.07. The maximum atomic E-state index is 11.9. The van der Waals surface area contributed by atoms with Crippen molar-refractivity contribution >= 4 is 28.7 Å². The van der Waals surface area contributed by atoms with Gasteiger partial charge in [0.2, 0.25) is 0 Å². The number of rotatable bonds is 5. The molecule has 1 fully saturated rings. The fraction of sp³-hybridized carbons (Fsp3) is 0.500. The normalized spacial score (nSPS) is 24.5. The second-order valence-electron chi connectivity index (χ2n) is 5.54. The van der Waals surface area contributed by atoms with Crippen LogP contribution in [0.1, 0.15) is 13.8 Å². The average molecular weight is 321 g/mol. The number of amides is 1. The van der Waals surface area contributed by atoms with Gasteiger partial charge in [0.25, 0.3) is 5.91 Å². The average Bonchev–Trinajstić information content (AvgIpc) is 3.10. The van der Waals surface area contributed by atoms with Gasteiger partial charge in [0, 0.05) is 30.6 Å². The smallest absolute Gasteiger partial charge is 0.257 e. The van der Waals surface area contributed by atoms with Crippen LogP contribution in [0.4, 0.5) is 0 Å². The van der Waals surface area contributed by atoms with Crippen LogP contribution in [0.3, 0.4) is 0 Å². The molecule has 2 heterocycles. The molecular weight excluding hydrogens is 302 g/mol. The molecule has 8 heteroatoms. The first-order valence-electron chi connectivity index (χ1n) is 7.26. The summed E-state index contributed by atoms with van der Waals surface area (Å²) < 4.78 is 13.8. The lowest BCUT2D eigenvalue weighted by molar-refractivity contribution is -0.123. The Bertz CT molecular complexity index is 651. The zero-order valence-corrected chi connectivity index (χ0v) is 13.3. The van der Waals surface area contributed by atoms with Gasteiger partial charge in [-0.2, -0.15) is 8.75 Å². The molecule has 0 radical (unpaired) electrons. The van der Waals surface area contributed by atoms with Crippen LogP contribution in [-0.2, 0) is 4.79 Å². The summed E-state index contributed by atoms with van der Waals surface area (Å²) in [5, 5.41) is 2.92. The highest BCUT2D eigenvalue weighted by atomic mass is 32.1. The number of carbonyl (C=O) groups excluding carboxylic acids is 1. The van der Waals surface area contributed by atoms with Gasteiger partial charge in [-0.05, 0) is 26.0 Å². The molecule has 1 amide bonds. The lowest BCUT2D eigenvalue weighted by Gasteiger charge is -2.18. The van der Waals surface area contributed by atoms with Gasteiger partial charge in [0.1, 0.15) is 16.8 Å². The van der Waals surface area contributed by atoms with Gasteiger partial charge in [-0.15, -0.1) is 0 Å². The van der Waals surface area contributed by atoms with Gasteiger partial charge < -0.3 is 10.1 Å². The first-order valence-corrected chi connectivity index (χ1v) is 7.99. The van der Waals surface area contributed by atoms with Gasteiger partial charge in [0.15, 0.2) is 6.61 Å². The maximum Gasteiger partial charge on any atom is 0.257 e. The fourth-order valence-electron chi connectivity index (χ4n) is 2.55. The minimum absolute atomic E-state index is 0.000584. The number of benzene rings is 1. The number of hydrogen-bond donors (Lipinski definition) is 3. The molecule has 2 atom stereocenters. The van der Waals surface area contributed by atoms with E-state index in [1.807, 2.05) is 6.07 Å². The van der Waals surface area contributed by atoms with Crippen molar-refractivity contribution in [1.29, 1.82) is 0 Å². The Morgan fingerprint density at radius 3 is 2.77 bits per heavy atom. The van der Waals surface area contributed by atoms with Crippen LogP contribution < -0.4 is 20.9 Å². The quantitative estimate of drug-likeness (QED) is 0.751. The molecule has 0 aliphatic carbocycles. The van der Waals surface area contributed by atoms with Crippen molar-refractivity contribution in [2.75, 3.05) is 13.2 Å². The van der Waals surface area contributed by atoms with E-state index in [1.165, 1.54) is 0 Å². The highest BCUT2D eigenvalue weighted by Gasteiger charge is 2.29. The standard InChI is InChI=1S/C14H19N5O2S/c1-8-11(9(2)17-16-8)6-15-14(20)7-21-10-3-4-12-13(5-10)19-22-18-12/h3-5,8-9,11,16-17H,6-7H2,1-2H3,(H,15,20). The molecule has 22 heavy (non-hydrogen) atoms. The molecule has 2 unspecified atom stereocenters. The third kappa shape index (κ3) is 3.34. The number of nitrogens with one attached hydrogen (secondary N) is 3. The topological polar surface area (TPSA) is 88.2 Å². The van der Waals surface area contributed by atoms with Crippen molar-refractivity contribution < 1.29 is 9.53 Å². The van der Waals surface area contributed by atoms with Crippen molar-refractivity contribution in [3.8, 4) is 5.75 Å². The van der Waals surface area contributed by atoms with Gasteiger partial charge in [-0.25, -0.2) is 0 Å². The van der Waals surface area contributed by atoms with E-state index in [4.69, 9.17) is 4.74 Å². The summed E-state index contributed by atoms with van der Waals surface area (Å²) in [6, 6.07) is 6.09. The molecule has 1 aliphatic heterocycles. The van der Waals surface area contributed by atoms with Crippen molar-refractivity contribution in [2.45, 2.75) is 25.9 Å². The summed E-state index contributed by atoms with van der Waals surface area (Å²) in [5.41, 5.74) is 7.97. The van der Waals surface area contributed by atoms with E-state index in [-0.39, 0.29) is 12.5 Å². The van der Waals surface area contributed by atoms with Crippen LogP contribution in [0.2, 0.25) is 0 Å². The molecule has 3 N–H and O–H groups in total. The first-order chi connectivity index (χ1) is 10.6. The molecule has 1 aromatic heterocycles. The van der Waals surface area contributed by atoms with Crippen molar-refractivity contribution in [3.05, 3.63) is 18.2 Å². The first kappa shape index (κ1) is 15.1. The molecule has 0 spiro atoms. The highest BCUT2D eigenvalue weighted by Crippen LogP contribution is 2.19. The minimum Gasteiger partial charge on any atom is -0.484 e. The Morgan fingerprint density at radius 2 is 2.00 bits per heavy atom. The lowest BCUT2D eigenvalue weighted by atomic mass is 9.97. The monoisotopic (exact) mass is 321 g/mol. The summed E-state index contributed by atoms with van der Waals surface area (Å²) in [5.74, 6) is 0.866. The maximum absolute atomic E-state index is 11.9. The van der Waals surface area contributed by atoms with Crippen LogP contribution in [0.15, 0.2) is 18.2 Å². The van der Waals surface area contributed by atoms with Crippen molar-refractivity contribution in [1.82, 2.24) is 24.9 Å². The molecule has 2 aromatic rings. The van der Waals surface area contributed by atoms with Crippen LogP contribution >= 0.6 is 11.7 Å². The molecule has 0 bridgehead atoms. The van der Waals surface area contributed by atoms with E-state index in [0.29, 0.717) is 30.3 Å². The van der Waals surface area contributed by atoms with E-state index in [9.17, 15) is 4.79 Å². The minimum atomic E-state index is -0.122. The number of fused-ring (bicyclic) bond motifs is 1. The zero-order valence-electron chi connectivity index (χ0n) is 12.5. The molecule has 3 rings (SSSR count). The highest BCUT2D eigenvalue weighted by molar-refractivity contribution is 7.00.